The summed E-state index contributed by atoms with van der Waals surface area (Å²) >= 11 is 0. The van der Waals surface area contributed by atoms with Gasteiger partial charge in [0.25, 0.3) is 11.8 Å². The second-order valence-electron chi connectivity index (χ2n) is 9.31. The maximum absolute atomic E-state index is 15.0. The summed E-state index contributed by atoms with van der Waals surface area (Å²) in [7, 11) is 0. The number of benzene rings is 2. The Kier molecular flexibility index (Phi) is 7.37. The van der Waals surface area contributed by atoms with Crippen molar-refractivity contribution in [3.05, 3.63) is 76.6 Å². The number of carbonyl (C=O) groups is 2. The van der Waals surface area contributed by atoms with Crippen LogP contribution in [0.25, 0.3) is 10.9 Å². The van der Waals surface area contributed by atoms with E-state index in [4.69, 9.17) is 21.9 Å². The van der Waals surface area contributed by atoms with E-state index in [1.165, 1.54) is 24.4 Å². The van der Waals surface area contributed by atoms with E-state index < -0.39 is 23.4 Å². The van der Waals surface area contributed by atoms with Crippen LogP contribution in [0.3, 0.4) is 0 Å². The van der Waals surface area contributed by atoms with Gasteiger partial charge in [0.2, 0.25) is 0 Å². The third-order valence-electron chi connectivity index (χ3n) is 5.34. The number of aliphatic imine (C=N–C) groups is 1. The lowest BCUT2D eigenvalue weighted by atomic mass is 9.92. The molecule has 2 aromatic carbocycles. The molecule has 0 saturated carbocycles. The first-order valence-electron chi connectivity index (χ1n) is 11.0. The monoisotopic (exact) mass is 495 g/mol. The Hall–Kier alpha value is -4.34. The molecule has 0 fully saturated rings. The molecule has 0 radical (unpaired) electrons. The Morgan fingerprint density at radius 2 is 1.78 bits per heavy atom. The third-order valence-corrected chi connectivity index (χ3v) is 5.34. The van der Waals surface area contributed by atoms with Gasteiger partial charge in [0.15, 0.2) is 11.6 Å². The van der Waals surface area contributed by atoms with Gasteiger partial charge in [0.05, 0.1) is 17.5 Å². The number of aromatic nitrogens is 1. The van der Waals surface area contributed by atoms with Crippen LogP contribution in [0.1, 0.15) is 42.3 Å². The first-order chi connectivity index (χ1) is 16.8. The third kappa shape index (κ3) is 6.01. The van der Waals surface area contributed by atoms with Crippen molar-refractivity contribution in [2.75, 3.05) is 0 Å². The van der Waals surface area contributed by atoms with Crippen LogP contribution < -0.4 is 21.9 Å². The highest BCUT2D eigenvalue weighted by Gasteiger charge is 2.18. The standard InChI is InChI=1S/C26H27F2N5O3/c1-13-7-14(9-23(34)33-22(30)12-21(29)26(2,3)4)8-18(28)24(13)36-20-5-6-32-19-11-17(27)15(25(31)35)10-16(19)20/h5-8,10-12H,9,29H2,1-4H3,(H2,31,35)(H2,30,33,34)/b21-12-. The maximum Gasteiger partial charge on any atom is 0.252 e. The van der Waals surface area contributed by atoms with E-state index in [1.54, 1.807) is 13.0 Å². The topological polar surface area (TPSA) is 147 Å². The summed E-state index contributed by atoms with van der Waals surface area (Å²) in [5.41, 5.74) is 17.7. The van der Waals surface area contributed by atoms with Crippen LogP contribution in [-0.2, 0) is 11.2 Å². The Morgan fingerprint density at radius 3 is 2.39 bits per heavy atom. The second-order valence-corrected chi connectivity index (χ2v) is 9.31. The Balaban J connectivity index is 1.87. The number of amidine groups is 1. The van der Waals surface area contributed by atoms with E-state index in [0.717, 1.165) is 12.1 Å². The number of aryl methyl sites for hydroxylation is 1. The van der Waals surface area contributed by atoms with E-state index in [-0.39, 0.29) is 45.6 Å². The van der Waals surface area contributed by atoms with Crippen molar-refractivity contribution in [1.82, 2.24) is 4.98 Å². The molecular weight excluding hydrogens is 468 g/mol. The highest BCUT2D eigenvalue weighted by molar-refractivity contribution is 6.01. The number of carbonyl (C=O) groups excluding carboxylic acids is 2. The van der Waals surface area contributed by atoms with Gasteiger partial charge in [0, 0.05) is 28.8 Å². The Labute approximate surface area is 206 Å². The molecular formula is C26H27F2N5O3. The molecule has 3 rings (SSSR count). The zero-order chi connectivity index (χ0) is 26.8. The predicted octanol–water partition coefficient (Wildman–Crippen LogP) is 4.03. The average Bonchev–Trinajstić information content (AvgIpc) is 2.74. The van der Waals surface area contributed by atoms with Gasteiger partial charge in [-0.1, -0.05) is 26.8 Å². The van der Waals surface area contributed by atoms with Gasteiger partial charge in [0.1, 0.15) is 17.4 Å². The minimum absolute atomic E-state index is 0.0408. The van der Waals surface area contributed by atoms with Crippen LogP contribution in [0.2, 0.25) is 0 Å². The maximum atomic E-state index is 15.0. The summed E-state index contributed by atoms with van der Waals surface area (Å²) in [5, 5.41) is 0.276. The zero-order valence-electron chi connectivity index (χ0n) is 20.4. The van der Waals surface area contributed by atoms with Crippen LogP contribution in [0.15, 0.2) is 53.3 Å². The molecule has 36 heavy (non-hydrogen) atoms. The number of halogens is 2. The van der Waals surface area contributed by atoms with Crippen molar-refractivity contribution in [3.8, 4) is 11.5 Å². The molecule has 0 aliphatic carbocycles. The van der Waals surface area contributed by atoms with Gasteiger partial charge < -0.3 is 21.9 Å². The van der Waals surface area contributed by atoms with E-state index in [9.17, 15) is 14.0 Å². The number of hydrogen-bond donors (Lipinski definition) is 3. The number of amides is 2. The molecule has 0 unspecified atom stereocenters. The molecule has 188 valence electrons. The zero-order valence-corrected chi connectivity index (χ0v) is 20.4. The fourth-order valence-corrected chi connectivity index (χ4v) is 3.33. The number of pyridine rings is 1. The van der Waals surface area contributed by atoms with Crippen LogP contribution >= 0.6 is 0 Å². The van der Waals surface area contributed by atoms with Gasteiger partial charge in [-0.25, -0.2) is 8.78 Å². The van der Waals surface area contributed by atoms with E-state index >= 15 is 4.39 Å². The quantitative estimate of drug-likeness (QED) is 0.348. The largest absolute Gasteiger partial charge is 0.453 e. The summed E-state index contributed by atoms with van der Waals surface area (Å²) in [6.45, 7) is 7.29. The lowest BCUT2D eigenvalue weighted by molar-refractivity contribution is -0.117. The molecule has 0 bridgehead atoms. The highest BCUT2D eigenvalue weighted by Crippen LogP contribution is 2.34. The normalized spacial score (nSPS) is 12.6. The lowest BCUT2D eigenvalue weighted by Gasteiger charge is -2.18. The minimum Gasteiger partial charge on any atom is -0.453 e. The first-order valence-corrected chi connectivity index (χ1v) is 11.0. The number of allylic oxidation sites excluding steroid dienone is 1. The lowest BCUT2D eigenvalue weighted by Crippen LogP contribution is -2.21. The van der Waals surface area contributed by atoms with Crippen LogP contribution in [0.4, 0.5) is 8.78 Å². The van der Waals surface area contributed by atoms with Crippen molar-refractivity contribution >= 4 is 28.6 Å². The number of nitrogens with two attached hydrogens (primary N) is 3. The molecule has 0 aliphatic rings. The summed E-state index contributed by atoms with van der Waals surface area (Å²) in [4.78, 5) is 31.7. The molecule has 1 aromatic heterocycles. The molecule has 0 atom stereocenters. The van der Waals surface area contributed by atoms with Gasteiger partial charge in [-0.2, -0.15) is 4.99 Å². The van der Waals surface area contributed by atoms with E-state index in [1.807, 2.05) is 20.8 Å². The summed E-state index contributed by atoms with van der Waals surface area (Å²) in [6, 6.07) is 6.45. The predicted molar refractivity (Wildman–Crippen MR) is 133 cm³/mol. The summed E-state index contributed by atoms with van der Waals surface area (Å²) in [6.07, 6.45) is 2.60. The fraction of sp³-hybridized carbons (Fsp3) is 0.231. The molecule has 0 saturated heterocycles. The van der Waals surface area contributed by atoms with E-state index in [0.29, 0.717) is 16.8 Å². The van der Waals surface area contributed by atoms with Gasteiger partial charge >= 0.3 is 0 Å². The number of rotatable bonds is 6. The fourth-order valence-electron chi connectivity index (χ4n) is 3.33. The Morgan fingerprint density at radius 1 is 1.08 bits per heavy atom. The van der Waals surface area contributed by atoms with Crippen molar-refractivity contribution in [3.63, 3.8) is 0 Å². The van der Waals surface area contributed by atoms with E-state index in [2.05, 4.69) is 9.98 Å². The van der Waals surface area contributed by atoms with Crippen LogP contribution in [0.5, 0.6) is 11.5 Å². The molecule has 10 heteroatoms. The number of primary amides is 1. The van der Waals surface area contributed by atoms with Crippen molar-refractivity contribution in [2.24, 2.45) is 27.6 Å². The smallest absolute Gasteiger partial charge is 0.252 e. The van der Waals surface area contributed by atoms with Crippen LogP contribution in [0, 0.1) is 24.0 Å². The molecule has 0 spiro atoms. The SMILES string of the molecule is Cc1cc(CC(=O)N=C(N)/C=C(\N)C(C)(C)C)cc(F)c1Oc1ccnc2cc(F)c(C(N)=O)cc12. The number of fused-ring (bicyclic) bond motifs is 1. The molecule has 3 aromatic rings. The van der Waals surface area contributed by atoms with Crippen LogP contribution in [-0.4, -0.2) is 22.6 Å². The molecule has 0 aliphatic heterocycles. The molecule has 6 N–H and O–H groups in total. The van der Waals surface area contributed by atoms with Gasteiger partial charge in [-0.15, -0.1) is 0 Å². The summed E-state index contributed by atoms with van der Waals surface area (Å²) < 4.78 is 34.9. The van der Waals surface area contributed by atoms with Gasteiger partial charge in [-0.3, -0.25) is 14.6 Å². The van der Waals surface area contributed by atoms with Gasteiger partial charge in [-0.05, 0) is 42.3 Å². The average molecular weight is 496 g/mol. The first kappa shape index (κ1) is 26.3. The van der Waals surface area contributed by atoms with Crippen molar-refractivity contribution < 1.29 is 23.1 Å². The highest BCUT2D eigenvalue weighted by atomic mass is 19.1. The van der Waals surface area contributed by atoms with Crippen molar-refractivity contribution in [1.29, 1.82) is 0 Å². The number of ether oxygens (including phenoxy) is 1. The second kappa shape index (κ2) is 10.1. The number of nitrogens with zero attached hydrogens (tertiary/aromatic N) is 2. The molecule has 8 nitrogen and oxygen atoms in total. The molecule has 1 heterocycles. The Bertz CT molecular complexity index is 1400. The number of hydrogen-bond acceptors (Lipinski definition) is 5. The minimum atomic E-state index is -0.958. The van der Waals surface area contributed by atoms with Crippen molar-refractivity contribution in [2.45, 2.75) is 34.1 Å². The summed E-state index contributed by atoms with van der Waals surface area (Å²) in [5.74, 6) is -3.08. The molecule has 2 amide bonds.